The summed E-state index contributed by atoms with van der Waals surface area (Å²) in [4.78, 5) is 0. The molecule has 0 unspecified atom stereocenters. The van der Waals surface area contributed by atoms with E-state index >= 15 is 0 Å². The smallest absolute Gasteiger partial charge is 0.180 e. The molecular formula is C43H30N2Si. The summed E-state index contributed by atoms with van der Waals surface area (Å²) in [5, 5.41) is 18.1. The van der Waals surface area contributed by atoms with Crippen molar-refractivity contribution in [3.8, 4) is 22.9 Å². The molecule has 1 aromatic heterocycles. The number of fused-ring (bicyclic) bond motifs is 3. The van der Waals surface area contributed by atoms with Crippen molar-refractivity contribution < 1.29 is 0 Å². The quantitative estimate of drug-likeness (QED) is 0.142. The highest BCUT2D eigenvalue weighted by atomic mass is 28.3. The minimum absolute atomic E-state index is 0.661. The van der Waals surface area contributed by atoms with Crippen LogP contribution in [-0.2, 0) is 0 Å². The lowest BCUT2D eigenvalue weighted by Crippen LogP contribution is -2.75. The van der Waals surface area contributed by atoms with Crippen molar-refractivity contribution >= 4 is 50.6 Å². The molecule has 3 heteroatoms. The molecule has 0 fully saturated rings. The molecule has 0 spiro atoms. The maximum Gasteiger partial charge on any atom is 0.180 e. The van der Waals surface area contributed by atoms with Gasteiger partial charge in [-0.05, 0) is 56.6 Å². The highest BCUT2D eigenvalue weighted by Crippen LogP contribution is 2.34. The Morgan fingerprint density at radius 2 is 0.891 bits per heavy atom. The molecule has 0 bridgehead atoms. The summed E-state index contributed by atoms with van der Waals surface area (Å²) < 4.78 is 2.33. The number of benzene rings is 7. The van der Waals surface area contributed by atoms with Crippen LogP contribution in [0.4, 0.5) is 0 Å². The number of hydrogen-bond donors (Lipinski definition) is 0. The molecule has 8 rings (SSSR count). The van der Waals surface area contributed by atoms with E-state index in [1.807, 2.05) is 6.07 Å². The van der Waals surface area contributed by atoms with Crippen LogP contribution in [0.5, 0.6) is 0 Å². The van der Waals surface area contributed by atoms with Crippen molar-refractivity contribution in [1.29, 1.82) is 5.26 Å². The standard InChI is InChI=1S/C43H30N2Si/c44-31-32-28-29-33(45-41-25-13-10-22-37(41)38-23-11-14-26-42(38)45)30-40(32)39-24-12-15-27-43(39)46(34-16-4-1-5-17-34,35-18-6-2-7-19-35)36-20-8-3-9-21-36/h1-30H. The summed E-state index contributed by atoms with van der Waals surface area (Å²) in [7, 11) is -2.85. The lowest BCUT2D eigenvalue weighted by Gasteiger charge is -2.36. The van der Waals surface area contributed by atoms with Crippen molar-refractivity contribution in [2.75, 3.05) is 0 Å². The fourth-order valence-electron chi connectivity index (χ4n) is 7.27. The second kappa shape index (κ2) is 11.5. The molecule has 0 aliphatic carbocycles. The van der Waals surface area contributed by atoms with Crippen LogP contribution in [0.15, 0.2) is 182 Å². The molecule has 0 aliphatic rings. The zero-order chi connectivity index (χ0) is 30.9. The van der Waals surface area contributed by atoms with Crippen LogP contribution in [0, 0.1) is 11.3 Å². The molecule has 0 saturated carbocycles. The SMILES string of the molecule is N#Cc1ccc(-n2c3ccccc3c3ccccc32)cc1-c1ccccc1[Si](c1ccccc1)(c1ccccc1)c1ccccc1. The van der Waals surface area contributed by atoms with Gasteiger partial charge in [-0.3, -0.25) is 0 Å². The van der Waals surface area contributed by atoms with Gasteiger partial charge in [-0.25, -0.2) is 0 Å². The Balaban J connectivity index is 1.46. The molecule has 0 N–H and O–H groups in total. The number of para-hydroxylation sites is 2. The van der Waals surface area contributed by atoms with E-state index < -0.39 is 8.07 Å². The number of nitriles is 1. The van der Waals surface area contributed by atoms with Crippen LogP contribution in [0.1, 0.15) is 5.56 Å². The predicted molar refractivity (Wildman–Crippen MR) is 195 cm³/mol. The van der Waals surface area contributed by atoms with E-state index in [-0.39, 0.29) is 0 Å². The second-order valence-electron chi connectivity index (χ2n) is 11.6. The molecule has 1 heterocycles. The molecular weight excluding hydrogens is 573 g/mol. The van der Waals surface area contributed by atoms with Gasteiger partial charge in [0.2, 0.25) is 0 Å². The number of rotatable bonds is 6. The van der Waals surface area contributed by atoms with Gasteiger partial charge in [0, 0.05) is 22.0 Å². The number of hydrogen-bond acceptors (Lipinski definition) is 1. The second-order valence-corrected chi connectivity index (χ2v) is 15.4. The fourth-order valence-corrected chi connectivity index (χ4v) is 12.2. The zero-order valence-corrected chi connectivity index (χ0v) is 26.2. The van der Waals surface area contributed by atoms with Gasteiger partial charge in [0.05, 0.1) is 22.7 Å². The Morgan fingerprint density at radius 1 is 0.435 bits per heavy atom. The minimum atomic E-state index is -2.85. The maximum absolute atomic E-state index is 10.5. The fraction of sp³-hybridized carbons (Fsp3) is 0. The Kier molecular flexibility index (Phi) is 6.91. The Labute approximate surface area is 270 Å². The van der Waals surface area contributed by atoms with Gasteiger partial charge in [0.25, 0.3) is 0 Å². The Hall–Kier alpha value is -5.95. The summed E-state index contributed by atoms with van der Waals surface area (Å²) in [6.07, 6.45) is 0. The van der Waals surface area contributed by atoms with Gasteiger partial charge >= 0.3 is 0 Å². The molecule has 2 nitrogen and oxygen atoms in total. The average molecular weight is 603 g/mol. The largest absolute Gasteiger partial charge is 0.309 e. The molecule has 0 radical (unpaired) electrons. The average Bonchev–Trinajstić information content (AvgIpc) is 3.48. The van der Waals surface area contributed by atoms with Crippen LogP contribution in [0.25, 0.3) is 38.6 Å². The molecule has 0 saturated heterocycles. The molecule has 216 valence electrons. The van der Waals surface area contributed by atoms with Gasteiger partial charge < -0.3 is 4.57 Å². The normalized spacial score (nSPS) is 11.5. The molecule has 7 aromatic carbocycles. The maximum atomic E-state index is 10.5. The van der Waals surface area contributed by atoms with E-state index in [1.165, 1.54) is 31.5 Å². The van der Waals surface area contributed by atoms with Crippen LogP contribution >= 0.6 is 0 Å². The van der Waals surface area contributed by atoms with Crippen molar-refractivity contribution in [2.24, 2.45) is 0 Å². The first kappa shape index (κ1) is 27.6. The Morgan fingerprint density at radius 3 is 1.41 bits per heavy atom. The lowest BCUT2D eigenvalue weighted by molar-refractivity contribution is 1.18. The summed E-state index contributed by atoms with van der Waals surface area (Å²) in [6, 6.07) is 67.6. The van der Waals surface area contributed by atoms with Gasteiger partial charge in [-0.2, -0.15) is 5.26 Å². The van der Waals surface area contributed by atoms with Gasteiger partial charge in [-0.1, -0.05) is 152 Å². The van der Waals surface area contributed by atoms with Crippen molar-refractivity contribution in [3.63, 3.8) is 0 Å². The summed E-state index contributed by atoms with van der Waals surface area (Å²) in [5.74, 6) is 0. The molecule has 0 atom stereocenters. The third-order valence-corrected chi connectivity index (χ3v) is 14.0. The van der Waals surface area contributed by atoms with E-state index in [1.54, 1.807) is 0 Å². The van der Waals surface area contributed by atoms with E-state index in [4.69, 9.17) is 0 Å². The van der Waals surface area contributed by atoms with Crippen molar-refractivity contribution in [3.05, 3.63) is 188 Å². The van der Waals surface area contributed by atoms with E-state index in [0.717, 1.165) is 27.8 Å². The van der Waals surface area contributed by atoms with Crippen LogP contribution in [-0.4, -0.2) is 12.6 Å². The summed E-state index contributed by atoms with van der Waals surface area (Å²) in [6.45, 7) is 0. The first-order valence-corrected chi connectivity index (χ1v) is 17.6. The van der Waals surface area contributed by atoms with Crippen molar-refractivity contribution in [2.45, 2.75) is 0 Å². The molecule has 0 amide bonds. The topological polar surface area (TPSA) is 28.7 Å². The summed E-state index contributed by atoms with van der Waals surface area (Å²) >= 11 is 0. The summed E-state index contributed by atoms with van der Waals surface area (Å²) in [5.41, 5.74) is 6.02. The van der Waals surface area contributed by atoms with Crippen LogP contribution in [0.3, 0.4) is 0 Å². The first-order valence-electron chi connectivity index (χ1n) is 15.6. The highest BCUT2D eigenvalue weighted by Gasteiger charge is 2.43. The molecule has 46 heavy (non-hydrogen) atoms. The van der Waals surface area contributed by atoms with E-state index in [9.17, 15) is 5.26 Å². The zero-order valence-electron chi connectivity index (χ0n) is 25.2. The van der Waals surface area contributed by atoms with E-state index in [0.29, 0.717) is 5.56 Å². The van der Waals surface area contributed by atoms with Crippen LogP contribution < -0.4 is 20.7 Å². The van der Waals surface area contributed by atoms with Crippen molar-refractivity contribution in [1.82, 2.24) is 4.57 Å². The molecule has 0 aliphatic heterocycles. The third-order valence-electron chi connectivity index (χ3n) is 9.20. The van der Waals surface area contributed by atoms with Gasteiger partial charge in [0.15, 0.2) is 8.07 Å². The Bertz CT molecular complexity index is 2220. The minimum Gasteiger partial charge on any atom is -0.309 e. The highest BCUT2D eigenvalue weighted by molar-refractivity contribution is 7.20. The third kappa shape index (κ3) is 4.31. The predicted octanol–water partition coefficient (Wildman–Crippen LogP) is 7.70. The monoisotopic (exact) mass is 602 g/mol. The van der Waals surface area contributed by atoms with Gasteiger partial charge in [0.1, 0.15) is 0 Å². The van der Waals surface area contributed by atoms with E-state index in [2.05, 4.69) is 187 Å². The number of aromatic nitrogens is 1. The molecule has 8 aromatic rings. The number of nitrogens with zero attached hydrogens (tertiary/aromatic N) is 2. The van der Waals surface area contributed by atoms with Gasteiger partial charge in [-0.15, -0.1) is 0 Å². The first-order chi connectivity index (χ1) is 22.8. The lowest BCUT2D eigenvalue weighted by atomic mass is 9.99. The van der Waals surface area contributed by atoms with Crippen LogP contribution in [0.2, 0.25) is 0 Å².